The van der Waals surface area contributed by atoms with Crippen molar-refractivity contribution in [2.45, 2.75) is 0 Å². The summed E-state index contributed by atoms with van der Waals surface area (Å²) in [5, 5.41) is -0.571. The lowest BCUT2D eigenvalue weighted by atomic mass is 10.1. The zero-order valence-corrected chi connectivity index (χ0v) is 29.1. The molecule has 8 aromatic carbocycles. The van der Waals surface area contributed by atoms with Crippen molar-refractivity contribution >= 4 is 65.6 Å². The highest BCUT2D eigenvalue weighted by Gasteiger charge is 2.22. The van der Waals surface area contributed by atoms with Crippen LogP contribution in [-0.4, -0.2) is 24.1 Å². The minimum atomic E-state index is -0.649. The molecule has 0 bridgehead atoms. The lowest BCUT2D eigenvalue weighted by molar-refractivity contribution is 0.669. The van der Waals surface area contributed by atoms with Crippen LogP contribution in [0.5, 0.6) is 0 Å². The fourth-order valence-electron chi connectivity index (χ4n) is 7.36. The van der Waals surface area contributed by atoms with Crippen LogP contribution in [0.3, 0.4) is 0 Å². The maximum Gasteiger partial charge on any atom is 0.166 e. The van der Waals surface area contributed by atoms with Crippen LogP contribution in [0, 0.1) is 0 Å². The van der Waals surface area contributed by atoms with Crippen LogP contribution in [0.25, 0.3) is 111 Å². The van der Waals surface area contributed by atoms with Crippen LogP contribution >= 0.6 is 0 Å². The van der Waals surface area contributed by atoms with E-state index in [2.05, 4.69) is 0 Å². The second-order valence-electron chi connectivity index (χ2n) is 12.9. The number of benzene rings is 8. The van der Waals surface area contributed by atoms with Gasteiger partial charge in [0.2, 0.25) is 0 Å². The van der Waals surface area contributed by atoms with Crippen molar-refractivity contribution in [3.8, 4) is 45.5 Å². The van der Waals surface area contributed by atoms with Gasteiger partial charge in [-0.3, -0.25) is 0 Å². The van der Waals surface area contributed by atoms with Crippen LogP contribution in [-0.2, 0) is 0 Å². The highest BCUT2D eigenvalue weighted by molar-refractivity contribution is 6.11. The molecule has 0 saturated carbocycles. The fourth-order valence-corrected chi connectivity index (χ4v) is 7.36. The molecule has 0 spiro atoms. The topological polar surface area (TPSA) is 61.7 Å². The van der Waals surface area contributed by atoms with Gasteiger partial charge in [-0.1, -0.05) is 121 Å². The van der Waals surface area contributed by atoms with E-state index in [4.69, 9.17) is 35.8 Å². The first-order chi connectivity index (χ1) is 36.1. The first kappa shape index (κ1) is 18.2. The number of aromatic nitrogens is 5. The molecule has 57 heavy (non-hydrogen) atoms. The van der Waals surface area contributed by atoms with Crippen LogP contribution in [0.2, 0.25) is 0 Å². The summed E-state index contributed by atoms with van der Waals surface area (Å²) >= 11 is 0. The van der Waals surface area contributed by atoms with E-state index >= 15 is 0 Å². The van der Waals surface area contributed by atoms with Crippen molar-refractivity contribution in [3.63, 3.8) is 0 Å². The molecule has 6 nitrogen and oxygen atoms in total. The van der Waals surface area contributed by atoms with Gasteiger partial charge in [0.05, 0.1) is 59.5 Å². The molecular weight excluding hydrogens is 699 g/mol. The lowest BCUT2D eigenvalue weighted by Gasteiger charge is -2.16. The Morgan fingerprint density at radius 1 is 0.386 bits per heavy atom. The Labute approximate surface area is 353 Å². The summed E-state index contributed by atoms with van der Waals surface area (Å²) in [7, 11) is 0. The second-order valence-corrected chi connectivity index (χ2v) is 12.9. The van der Waals surface area contributed by atoms with Gasteiger partial charge in [-0.25, -0.2) is 15.0 Å². The third-order valence-electron chi connectivity index (χ3n) is 9.77. The molecule has 0 saturated heterocycles. The second kappa shape index (κ2) is 12.3. The zero-order chi connectivity index (χ0) is 54.0. The lowest BCUT2D eigenvalue weighted by Crippen LogP contribution is -2.05. The summed E-state index contributed by atoms with van der Waals surface area (Å²) in [4.78, 5) is 14.7. The third-order valence-corrected chi connectivity index (χ3v) is 9.77. The Morgan fingerprint density at radius 2 is 0.825 bits per heavy atom. The molecule has 12 aromatic rings. The highest BCUT2D eigenvalue weighted by atomic mass is 16.3. The van der Waals surface area contributed by atoms with Crippen LogP contribution < -0.4 is 0 Å². The molecule has 6 heteroatoms. The van der Waals surface area contributed by atoms with Crippen LogP contribution in [0.4, 0.5) is 0 Å². The largest absolute Gasteiger partial charge is 0.456 e. The standard InChI is InChI=1S/C51H31N5O/c1-8-22-41-33(15-1)34-16-2-9-23-42(34)55(41)45-26-12-5-20-39(45)50-52-49(32-29-30-38-37-19-7-14-28-47(37)57-48(38)31-32)53-51(54-50)40-21-6-13-27-46(40)56-43-24-10-3-17-35(43)36-18-4-11-25-44(36)56/h1-31H/i1D,2D,3D,4D,7D,14D,15D,16D,17D,18D,19D,22D,23D,24D,25D,28D,29D,30D,31D. The average Bonchev–Trinajstić information content (AvgIpc) is 4.15. The van der Waals surface area contributed by atoms with Gasteiger partial charge < -0.3 is 13.6 Å². The van der Waals surface area contributed by atoms with Gasteiger partial charge in [0.15, 0.2) is 17.5 Å². The van der Waals surface area contributed by atoms with E-state index < -0.39 is 53.7 Å². The van der Waals surface area contributed by atoms with Gasteiger partial charge >= 0.3 is 0 Å². The predicted molar refractivity (Wildman–Crippen MR) is 232 cm³/mol. The number of furan rings is 1. The summed E-state index contributed by atoms with van der Waals surface area (Å²) in [6.07, 6.45) is 0. The zero-order valence-electron chi connectivity index (χ0n) is 48.1. The van der Waals surface area contributed by atoms with E-state index in [9.17, 15) is 9.60 Å². The number of fused-ring (bicyclic) bond motifs is 9. The van der Waals surface area contributed by atoms with E-state index in [0.29, 0.717) is 0 Å². The molecule has 0 N–H and O–H groups in total. The Morgan fingerprint density at radius 3 is 1.35 bits per heavy atom. The molecular formula is C51H31N5O. The minimum absolute atomic E-state index is 0.0131. The van der Waals surface area contributed by atoms with E-state index in [0.717, 1.165) is 24.3 Å². The Balaban J connectivity index is 1.23. The molecule has 266 valence electrons. The summed E-state index contributed by atoms with van der Waals surface area (Å²) in [6, 6.07) is 9.44. The van der Waals surface area contributed by atoms with Gasteiger partial charge in [0.25, 0.3) is 0 Å². The monoisotopic (exact) mass is 748 g/mol. The summed E-state index contributed by atoms with van der Waals surface area (Å²) in [5.74, 6) is -0.823. The van der Waals surface area contributed by atoms with E-state index in [1.54, 1.807) is 48.5 Å². The van der Waals surface area contributed by atoms with Gasteiger partial charge in [-0.05, 0) is 66.6 Å². The van der Waals surface area contributed by atoms with E-state index in [1.165, 1.54) is 9.13 Å². The first-order valence-electron chi connectivity index (χ1n) is 27.1. The normalized spacial score (nSPS) is 16.5. The number of para-hydroxylation sites is 7. The van der Waals surface area contributed by atoms with Crippen molar-refractivity contribution in [1.82, 2.24) is 24.1 Å². The molecule has 4 heterocycles. The molecule has 0 amide bonds. The van der Waals surface area contributed by atoms with Crippen LogP contribution in [0.1, 0.15) is 26.0 Å². The molecule has 0 aliphatic rings. The SMILES string of the molecule is [2H]c1cc([2H])c2c(c1[2H])c1c([2H])c([2H])cc([2H])c1n2-c1ccccc1-c1nc(-c2ccccc2-n2c3c([2H])cc([2H])c([2H])c3c3c([2H])c([2H])cc([2H])c32)nc(-c2c([2H])c([2H])c3c(oc4c([2H])c([2H])c([2H])c([2H])c43)c2[2H])n1. The van der Waals surface area contributed by atoms with Crippen molar-refractivity contribution in [1.29, 1.82) is 0 Å². The van der Waals surface area contributed by atoms with Crippen molar-refractivity contribution in [2.24, 2.45) is 0 Å². The van der Waals surface area contributed by atoms with Crippen LogP contribution in [0.15, 0.2) is 192 Å². The molecule has 0 aliphatic heterocycles. The molecule has 12 rings (SSSR count). The Kier molecular flexibility index (Phi) is 3.94. The number of hydrogen-bond acceptors (Lipinski definition) is 4. The smallest absolute Gasteiger partial charge is 0.166 e. The highest BCUT2D eigenvalue weighted by Crippen LogP contribution is 2.39. The summed E-state index contributed by atoms with van der Waals surface area (Å²) in [5.41, 5.74) is -0.509. The third kappa shape index (κ3) is 4.81. The van der Waals surface area contributed by atoms with Gasteiger partial charge in [-0.2, -0.15) is 0 Å². The maximum absolute atomic E-state index is 9.62. The van der Waals surface area contributed by atoms with Crippen molar-refractivity contribution < 1.29 is 30.5 Å². The number of hydrogen-bond donors (Lipinski definition) is 0. The first-order valence-corrected chi connectivity index (χ1v) is 17.6. The van der Waals surface area contributed by atoms with Gasteiger partial charge in [0.1, 0.15) is 11.2 Å². The van der Waals surface area contributed by atoms with Crippen molar-refractivity contribution in [3.05, 3.63) is 188 Å². The Hall–Kier alpha value is -7.83. The summed E-state index contributed by atoms with van der Waals surface area (Å²) in [6.45, 7) is 0. The Bertz CT molecular complexity index is 4310. The van der Waals surface area contributed by atoms with E-state index in [1.807, 2.05) is 0 Å². The minimum Gasteiger partial charge on any atom is -0.456 e. The molecule has 0 radical (unpaired) electrons. The van der Waals surface area contributed by atoms with Gasteiger partial charge in [0, 0.05) is 49.0 Å². The molecule has 0 fully saturated rings. The quantitative estimate of drug-likeness (QED) is 0.176. The molecule has 4 aromatic heterocycles. The predicted octanol–water partition coefficient (Wildman–Crippen LogP) is 13.0. The molecule has 0 atom stereocenters. The summed E-state index contributed by atoms with van der Waals surface area (Å²) < 4.78 is 178. The van der Waals surface area contributed by atoms with E-state index in [-0.39, 0.29) is 172 Å². The fraction of sp³-hybridized carbons (Fsp3) is 0. The molecule has 0 unspecified atom stereocenters. The maximum atomic E-state index is 9.62. The number of nitrogens with zero attached hydrogens (tertiary/aromatic N) is 5. The average molecular weight is 749 g/mol. The molecule has 0 aliphatic carbocycles. The van der Waals surface area contributed by atoms with Crippen molar-refractivity contribution in [2.75, 3.05) is 0 Å². The number of rotatable bonds is 5. The van der Waals surface area contributed by atoms with Gasteiger partial charge in [-0.15, -0.1) is 0 Å².